The van der Waals surface area contributed by atoms with Crippen molar-refractivity contribution in [3.63, 3.8) is 0 Å². The molecule has 1 aromatic carbocycles. The third-order valence-corrected chi connectivity index (χ3v) is 9.39. The van der Waals surface area contributed by atoms with E-state index in [1.165, 1.54) is 39.9 Å². The van der Waals surface area contributed by atoms with Crippen LogP contribution in [0.2, 0.25) is 0 Å². The molecule has 2 aromatic rings. The largest absolute Gasteiger partial charge is 0.462 e. The lowest BCUT2D eigenvalue weighted by Gasteiger charge is -2.30. The van der Waals surface area contributed by atoms with E-state index in [9.17, 15) is 18.0 Å². The zero-order valence-electron chi connectivity index (χ0n) is 19.8. The Bertz CT molecular complexity index is 1170. The summed E-state index contributed by atoms with van der Waals surface area (Å²) < 4.78 is 32.3. The molecule has 1 aromatic heterocycles. The van der Waals surface area contributed by atoms with Crippen molar-refractivity contribution in [1.82, 2.24) is 9.21 Å². The average Bonchev–Trinajstić information content (AvgIpc) is 3.47. The molecule has 10 heteroatoms. The lowest BCUT2D eigenvalue weighted by molar-refractivity contribution is 0.0526. The van der Waals surface area contributed by atoms with Gasteiger partial charge < -0.3 is 10.1 Å². The Morgan fingerprint density at radius 3 is 2.41 bits per heavy atom. The SMILES string of the molecule is CCOC(=O)c1c(NC(=O)c2ccc(S(=O)(=O)N3CCCC3)cc2)sc2c1CCN(C(C)C)C2. The molecule has 8 nitrogen and oxygen atoms in total. The summed E-state index contributed by atoms with van der Waals surface area (Å²) in [6.07, 6.45) is 2.45. The first kappa shape index (κ1) is 24.8. The lowest BCUT2D eigenvalue weighted by Crippen LogP contribution is -2.35. The van der Waals surface area contributed by atoms with Crippen LogP contribution in [0.15, 0.2) is 29.2 Å². The smallest absolute Gasteiger partial charge is 0.341 e. The van der Waals surface area contributed by atoms with E-state index in [1.54, 1.807) is 6.92 Å². The van der Waals surface area contributed by atoms with E-state index in [2.05, 4.69) is 24.1 Å². The summed E-state index contributed by atoms with van der Waals surface area (Å²) in [5.41, 5.74) is 1.71. The van der Waals surface area contributed by atoms with Gasteiger partial charge in [-0.2, -0.15) is 4.31 Å². The number of ether oxygens (including phenoxy) is 1. The molecular formula is C24H31N3O5S2. The molecule has 2 aliphatic heterocycles. The van der Waals surface area contributed by atoms with E-state index in [-0.39, 0.29) is 11.5 Å². The molecular weight excluding hydrogens is 474 g/mol. The van der Waals surface area contributed by atoms with Crippen molar-refractivity contribution < 1.29 is 22.7 Å². The van der Waals surface area contributed by atoms with Gasteiger partial charge in [0, 0.05) is 42.7 Å². The number of carbonyl (C=O) groups is 2. The number of nitrogens with zero attached hydrogens (tertiary/aromatic N) is 2. The summed E-state index contributed by atoms with van der Waals surface area (Å²) >= 11 is 1.41. The Hall–Kier alpha value is -2.27. The lowest BCUT2D eigenvalue weighted by atomic mass is 10.0. The number of carbonyl (C=O) groups excluding carboxylic acids is 2. The van der Waals surface area contributed by atoms with Crippen LogP contribution in [0.25, 0.3) is 0 Å². The highest BCUT2D eigenvalue weighted by Gasteiger charge is 2.31. The summed E-state index contributed by atoms with van der Waals surface area (Å²) in [5, 5.41) is 3.36. The molecule has 184 valence electrons. The normalized spacial score (nSPS) is 17.1. The Morgan fingerprint density at radius 2 is 1.79 bits per heavy atom. The van der Waals surface area contributed by atoms with Crippen LogP contribution in [-0.2, 0) is 27.7 Å². The maximum Gasteiger partial charge on any atom is 0.341 e. The second kappa shape index (κ2) is 10.2. The van der Waals surface area contributed by atoms with Crippen LogP contribution >= 0.6 is 11.3 Å². The van der Waals surface area contributed by atoms with E-state index >= 15 is 0 Å². The van der Waals surface area contributed by atoms with Crippen molar-refractivity contribution in [3.05, 3.63) is 45.8 Å². The minimum atomic E-state index is -3.54. The number of thiophene rings is 1. The monoisotopic (exact) mass is 505 g/mol. The standard InChI is InChI=1S/C24H31N3O5S2/c1-4-32-24(29)21-19-11-14-26(16(2)3)15-20(19)33-23(21)25-22(28)17-7-9-18(10-8-17)34(30,31)27-12-5-6-13-27/h7-10,16H,4-6,11-15H2,1-3H3,(H,25,28). The maximum atomic E-state index is 13.0. The molecule has 1 N–H and O–H groups in total. The highest BCUT2D eigenvalue weighted by Crippen LogP contribution is 2.38. The van der Waals surface area contributed by atoms with Crippen molar-refractivity contribution in [3.8, 4) is 0 Å². The number of amides is 1. The fourth-order valence-corrected chi connectivity index (χ4v) is 7.18. The van der Waals surface area contributed by atoms with Crippen LogP contribution in [-0.4, -0.2) is 61.8 Å². The summed E-state index contributed by atoms with van der Waals surface area (Å²) in [5.74, 6) is -0.824. The molecule has 0 spiro atoms. The van der Waals surface area contributed by atoms with Gasteiger partial charge in [0.1, 0.15) is 5.00 Å². The van der Waals surface area contributed by atoms with Gasteiger partial charge in [0.15, 0.2) is 0 Å². The zero-order valence-corrected chi connectivity index (χ0v) is 21.4. The topological polar surface area (TPSA) is 96.0 Å². The predicted molar refractivity (Wildman–Crippen MR) is 132 cm³/mol. The summed E-state index contributed by atoms with van der Waals surface area (Å²) in [6, 6.07) is 6.34. The Balaban J connectivity index is 1.57. The summed E-state index contributed by atoms with van der Waals surface area (Å²) in [6.45, 7) is 8.91. The van der Waals surface area contributed by atoms with Crippen molar-refractivity contribution in [2.75, 3.05) is 31.6 Å². The number of nitrogens with one attached hydrogen (secondary N) is 1. The first-order valence-corrected chi connectivity index (χ1v) is 13.9. The highest BCUT2D eigenvalue weighted by molar-refractivity contribution is 7.89. The second-order valence-corrected chi connectivity index (χ2v) is 11.9. The molecule has 0 aliphatic carbocycles. The molecule has 3 heterocycles. The molecule has 0 radical (unpaired) electrons. The number of benzene rings is 1. The van der Waals surface area contributed by atoms with Crippen LogP contribution in [0, 0.1) is 0 Å². The minimum Gasteiger partial charge on any atom is -0.462 e. The molecule has 0 atom stereocenters. The third-order valence-electron chi connectivity index (χ3n) is 6.34. The number of rotatable bonds is 7. The third kappa shape index (κ3) is 4.91. The van der Waals surface area contributed by atoms with Gasteiger partial charge in [-0.1, -0.05) is 0 Å². The maximum absolute atomic E-state index is 13.0. The number of anilines is 1. The second-order valence-electron chi connectivity index (χ2n) is 8.83. The van der Waals surface area contributed by atoms with Crippen LogP contribution in [0.1, 0.15) is 64.8 Å². The van der Waals surface area contributed by atoms with Crippen molar-refractivity contribution >= 4 is 38.2 Å². The molecule has 1 fully saturated rings. The number of hydrogen-bond acceptors (Lipinski definition) is 7. The molecule has 1 saturated heterocycles. The summed E-state index contributed by atoms with van der Waals surface area (Å²) in [4.78, 5) is 29.4. The zero-order chi connectivity index (χ0) is 24.5. The van der Waals surface area contributed by atoms with E-state index in [0.29, 0.717) is 35.3 Å². The van der Waals surface area contributed by atoms with E-state index in [4.69, 9.17) is 4.74 Å². The van der Waals surface area contributed by atoms with Gasteiger partial charge in [0.2, 0.25) is 10.0 Å². The van der Waals surface area contributed by atoms with Crippen LogP contribution in [0.3, 0.4) is 0 Å². The molecule has 4 rings (SSSR count). The van der Waals surface area contributed by atoms with Crippen LogP contribution in [0.4, 0.5) is 5.00 Å². The van der Waals surface area contributed by atoms with Crippen molar-refractivity contribution in [2.24, 2.45) is 0 Å². The van der Waals surface area contributed by atoms with Crippen molar-refractivity contribution in [1.29, 1.82) is 0 Å². The number of sulfonamides is 1. The number of fused-ring (bicyclic) bond motifs is 1. The molecule has 1 amide bonds. The van der Waals surface area contributed by atoms with Gasteiger partial charge in [0.05, 0.1) is 17.1 Å². The van der Waals surface area contributed by atoms with Crippen LogP contribution in [0.5, 0.6) is 0 Å². The van der Waals surface area contributed by atoms with Gasteiger partial charge >= 0.3 is 5.97 Å². The quantitative estimate of drug-likeness (QED) is 0.576. The van der Waals surface area contributed by atoms with Gasteiger partial charge in [-0.15, -0.1) is 11.3 Å². The molecule has 0 saturated carbocycles. The number of hydrogen-bond donors (Lipinski definition) is 1. The fraction of sp³-hybridized carbons (Fsp3) is 0.500. The first-order valence-electron chi connectivity index (χ1n) is 11.7. The molecule has 2 aliphatic rings. The van der Waals surface area contributed by atoms with Gasteiger partial charge in [0.25, 0.3) is 5.91 Å². The van der Waals surface area contributed by atoms with Gasteiger partial charge in [-0.3, -0.25) is 9.69 Å². The van der Waals surface area contributed by atoms with E-state index in [1.807, 2.05) is 0 Å². The highest BCUT2D eigenvalue weighted by atomic mass is 32.2. The minimum absolute atomic E-state index is 0.179. The van der Waals surface area contributed by atoms with E-state index in [0.717, 1.165) is 42.8 Å². The Labute approximate surface area is 204 Å². The molecule has 0 bridgehead atoms. The van der Waals surface area contributed by atoms with E-state index < -0.39 is 21.9 Å². The van der Waals surface area contributed by atoms with Crippen molar-refractivity contribution in [2.45, 2.75) is 57.5 Å². The summed E-state index contributed by atoms with van der Waals surface area (Å²) in [7, 11) is -3.54. The molecule has 34 heavy (non-hydrogen) atoms. The number of esters is 1. The predicted octanol–water partition coefficient (Wildman–Crippen LogP) is 3.73. The fourth-order valence-electron chi connectivity index (χ4n) is 4.40. The Morgan fingerprint density at radius 1 is 1.12 bits per heavy atom. The average molecular weight is 506 g/mol. The van der Waals surface area contributed by atoms with Crippen LogP contribution < -0.4 is 5.32 Å². The molecule has 0 unspecified atom stereocenters. The van der Waals surface area contributed by atoms with Gasteiger partial charge in [-0.25, -0.2) is 13.2 Å². The first-order chi connectivity index (χ1) is 16.2. The van der Waals surface area contributed by atoms with Gasteiger partial charge in [-0.05, 0) is 69.9 Å². The Kier molecular flexibility index (Phi) is 7.42.